The molecule has 0 saturated carbocycles. The van der Waals surface area contributed by atoms with Gasteiger partial charge in [-0.1, -0.05) is 19.1 Å². The Labute approximate surface area is 90.9 Å². The molecule has 0 aliphatic heterocycles. The molecule has 0 aliphatic carbocycles. The molecule has 0 spiro atoms. The van der Waals surface area contributed by atoms with Gasteiger partial charge in [-0.25, -0.2) is 0 Å². The van der Waals surface area contributed by atoms with Gasteiger partial charge in [0.2, 0.25) is 0 Å². The van der Waals surface area contributed by atoms with E-state index in [1.54, 1.807) is 7.11 Å². The number of hydrogen-bond acceptors (Lipinski definition) is 3. The Bertz CT molecular complexity index is 325. The van der Waals surface area contributed by atoms with Crippen LogP contribution in [-0.2, 0) is 0 Å². The lowest BCUT2D eigenvalue weighted by molar-refractivity contribution is 0.251. The van der Waals surface area contributed by atoms with E-state index in [1.807, 2.05) is 32.0 Å². The van der Waals surface area contributed by atoms with Gasteiger partial charge in [-0.15, -0.1) is 0 Å². The summed E-state index contributed by atoms with van der Waals surface area (Å²) in [6.07, 6.45) is 0. The summed E-state index contributed by atoms with van der Waals surface area (Å²) in [5, 5.41) is 9.02. The first-order chi connectivity index (χ1) is 7.10. The van der Waals surface area contributed by atoms with E-state index in [4.69, 9.17) is 15.6 Å². The first kappa shape index (κ1) is 12.0. The molecule has 3 nitrogen and oxygen atoms in total. The number of rotatable bonds is 4. The van der Waals surface area contributed by atoms with Crippen LogP contribution in [0.3, 0.4) is 0 Å². The van der Waals surface area contributed by atoms with E-state index >= 15 is 0 Å². The van der Waals surface area contributed by atoms with E-state index in [2.05, 4.69) is 0 Å². The zero-order valence-corrected chi connectivity index (χ0v) is 9.53. The van der Waals surface area contributed by atoms with E-state index in [-0.39, 0.29) is 18.6 Å². The van der Waals surface area contributed by atoms with Crippen LogP contribution in [0.15, 0.2) is 18.2 Å². The van der Waals surface area contributed by atoms with Crippen molar-refractivity contribution in [2.75, 3.05) is 13.7 Å². The van der Waals surface area contributed by atoms with Gasteiger partial charge in [0.05, 0.1) is 13.7 Å². The first-order valence-corrected chi connectivity index (χ1v) is 5.11. The van der Waals surface area contributed by atoms with Gasteiger partial charge in [-0.2, -0.15) is 0 Å². The zero-order chi connectivity index (χ0) is 11.4. The van der Waals surface area contributed by atoms with Crippen LogP contribution < -0.4 is 10.5 Å². The molecule has 0 heterocycles. The lowest BCUT2D eigenvalue weighted by Crippen LogP contribution is -2.30. The second-order valence-electron chi connectivity index (χ2n) is 3.88. The molecular weight excluding hydrogens is 190 g/mol. The molecule has 1 rings (SSSR count). The quantitative estimate of drug-likeness (QED) is 0.788. The summed E-state index contributed by atoms with van der Waals surface area (Å²) in [6.45, 7) is 4.00. The van der Waals surface area contributed by atoms with Crippen molar-refractivity contribution in [3.8, 4) is 5.75 Å². The van der Waals surface area contributed by atoms with Gasteiger partial charge >= 0.3 is 0 Å². The highest BCUT2D eigenvalue weighted by Crippen LogP contribution is 2.28. The van der Waals surface area contributed by atoms with Gasteiger partial charge in [0.15, 0.2) is 0 Å². The predicted octanol–water partition coefficient (Wildman–Crippen LogP) is 1.43. The normalized spacial score (nSPS) is 14.7. The summed E-state index contributed by atoms with van der Waals surface area (Å²) in [4.78, 5) is 0. The van der Waals surface area contributed by atoms with E-state index in [9.17, 15) is 0 Å². The van der Waals surface area contributed by atoms with Crippen molar-refractivity contribution in [3.63, 3.8) is 0 Å². The molecule has 1 aromatic rings. The summed E-state index contributed by atoms with van der Waals surface area (Å²) in [5.74, 6) is 0.928. The minimum absolute atomic E-state index is 0.0157. The minimum Gasteiger partial charge on any atom is -0.496 e. The van der Waals surface area contributed by atoms with Gasteiger partial charge in [0.1, 0.15) is 5.75 Å². The fraction of sp³-hybridized carbons (Fsp3) is 0.500. The highest BCUT2D eigenvalue weighted by atomic mass is 16.5. The molecule has 0 radical (unpaired) electrons. The van der Waals surface area contributed by atoms with Crippen LogP contribution in [-0.4, -0.2) is 24.9 Å². The Balaban J connectivity index is 3.02. The number of methoxy groups -OCH3 is 1. The molecule has 0 fully saturated rings. The molecule has 0 aromatic heterocycles. The summed E-state index contributed by atoms with van der Waals surface area (Å²) in [6, 6.07) is 5.77. The van der Waals surface area contributed by atoms with Crippen molar-refractivity contribution in [3.05, 3.63) is 29.3 Å². The molecule has 84 valence electrons. The number of benzene rings is 1. The highest BCUT2D eigenvalue weighted by Gasteiger charge is 2.17. The van der Waals surface area contributed by atoms with Crippen LogP contribution >= 0.6 is 0 Å². The van der Waals surface area contributed by atoms with Gasteiger partial charge in [-0.3, -0.25) is 0 Å². The van der Waals surface area contributed by atoms with Gasteiger partial charge < -0.3 is 15.6 Å². The topological polar surface area (TPSA) is 55.5 Å². The number of hydrogen-bond donors (Lipinski definition) is 2. The van der Waals surface area contributed by atoms with Crippen molar-refractivity contribution >= 4 is 0 Å². The molecule has 0 saturated heterocycles. The summed E-state index contributed by atoms with van der Waals surface area (Å²) in [7, 11) is 1.65. The van der Waals surface area contributed by atoms with Gasteiger partial charge in [-0.05, 0) is 24.1 Å². The fourth-order valence-electron chi connectivity index (χ4n) is 1.58. The SMILES string of the molecule is COc1cc(C)ccc1C(C)C(N)CO. The summed E-state index contributed by atoms with van der Waals surface area (Å²) >= 11 is 0. The van der Waals surface area contributed by atoms with Crippen molar-refractivity contribution in [2.24, 2.45) is 5.73 Å². The second-order valence-corrected chi connectivity index (χ2v) is 3.88. The van der Waals surface area contributed by atoms with Crippen LogP contribution in [0.4, 0.5) is 0 Å². The fourth-order valence-corrected chi connectivity index (χ4v) is 1.58. The molecule has 2 atom stereocenters. The first-order valence-electron chi connectivity index (χ1n) is 5.11. The maximum Gasteiger partial charge on any atom is 0.122 e. The molecule has 2 unspecified atom stereocenters. The van der Waals surface area contributed by atoms with Gasteiger partial charge in [0, 0.05) is 12.0 Å². The number of aliphatic hydroxyl groups is 1. The largest absolute Gasteiger partial charge is 0.496 e. The Morgan fingerprint density at radius 1 is 1.47 bits per heavy atom. The van der Waals surface area contributed by atoms with Crippen LogP contribution in [0.5, 0.6) is 5.75 Å². The van der Waals surface area contributed by atoms with Crippen LogP contribution in [0.25, 0.3) is 0 Å². The third-order valence-corrected chi connectivity index (χ3v) is 2.73. The Morgan fingerprint density at radius 2 is 2.13 bits per heavy atom. The Kier molecular flexibility index (Phi) is 4.12. The molecule has 3 N–H and O–H groups in total. The average molecular weight is 209 g/mol. The van der Waals surface area contributed by atoms with Crippen LogP contribution in [0.2, 0.25) is 0 Å². The van der Waals surface area contributed by atoms with E-state index in [1.165, 1.54) is 0 Å². The van der Waals surface area contributed by atoms with E-state index in [0.29, 0.717) is 0 Å². The Morgan fingerprint density at radius 3 is 2.67 bits per heavy atom. The maximum atomic E-state index is 9.02. The average Bonchev–Trinajstić information content (AvgIpc) is 2.26. The van der Waals surface area contributed by atoms with Crippen molar-refractivity contribution < 1.29 is 9.84 Å². The molecular formula is C12H19NO2. The smallest absolute Gasteiger partial charge is 0.122 e. The number of aliphatic hydroxyl groups excluding tert-OH is 1. The van der Waals surface area contributed by atoms with Crippen LogP contribution in [0.1, 0.15) is 24.0 Å². The van der Waals surface area contributed by atoms with E-state index in [0.717, 1.165) is 16.9 Å². The number of aryl methyl sites for hydroxylation is 1. The Hall–Kier alpha value is -1.06. The standard InChI is InChI=1S/C12H19NO2/c1-8-4-5-10(12(6-8)15-3)9(2)11(13)7-14/h4-6,9,11,14H,7,13H2,1-3H3. The molecule has 15 heavy (non-hydrogen) atoms. The third kappa shape index (κ3) is 2.70. The minimum atomic E-state index is -0.249. The summed E-state index contributed by atoms with van der Waals surface area (Å²) in [5.41, 5.74) is 8.00. The zero-order valence-electron chi connectivity index (χ0n) is 9.53. The predicted molar refractivity (Wildman–Crippen MR) is 61.2 cm³/mol. The molecule has 3 heteroatoms. The molecule has 0 bridgehead atoms. The van der Waals surface area contributed by atoms with Crippen molar-refractivity contribution in [2.45, 2.75) is 25.8 Å². The lowest BCUT2D eigenvalue weighted by Gasteiger charge is -2.20. The van der Waals surface area contributed by atoms with Crippen molar-refractivity contribution in [1.82, 2.24) is 0 Å². The van der Waals surface area contributed by atoms with Crippen molar-refractivity contribution in [1.29, 1.82) is 0 Å². The highest BCUT2D eigenvalue weighted by molar-refractivity contribution is 5.39. The monoisotopic (exact) mass is 209 g/mol. The summed E-state index contributed by atoms with van der Waals surface area (Å²) < 4.78 is 5.30. The lowest BCUT2D eigenvalue weighted by atomic mass is 9.93. The molecule has 0 amide bonds. The van der Waals surface area contributed by atoms with Gasteiger partial charge in [0.25, 0.3) is 0 Å². The molecule has 1 aromatic carbocycles. The second kappa shape index (κ2) is 5.14. The molecule has 0 aliphatic rings. The maximum absolute atomic E-state index is 9.02. The van der Waals surface area contributed by atoms with Crippen LogP contribution in [0, 0.1) is 6.92 Å². The number of ether oxygens (including phenoxy) is 1. The van der Waals surface area contributed by atoms with E-state index < -0.39 is 0 Å². The third-order valence-electron chi connectivity index (χ3n) is 2.73. The number of nitrogens with two attached hydrogens (primary N) is 1.